The van der Waals surface area contributed by atoms with Gasteiger partial charge in [-0.1, -0.05) is 25.2 Å². The zero-order valence-corrected chi connectivity index (χ0v) is 13.5. The zero-order chi connectivity index (χ0) is 14.8. The van der Waals surface area contributed by atoms with Crippen molar-refractivity contribution in [3.05, 3.63) is 4.88 Å². The summed E-state index contributed by atoms with van der Waals surface area (Å²) in [6, 6.07) is 0. The Kier molecular flexibility index (Phi) is 2.85. The summed E-state index contributed by atoms with van der Waals surface area (Å²) in [6.45, 7) is 4.11. The lowest BCUT2D eigenvalue weighted by Gasteiger charge is -2.59. The topological polar surface area (TPSA) is 45.2 Å². The number of aromatic nitrogens is 1. The quantitative estimate of drug-likeness (QED) is 0.867. The van der Waals surface area contributed by atoms with E-state index in [1.54, 1.807) is 0 Å². The molecule has 2 N–H and O–H groups in total. The molecule has 0 amide bonds. The van der Waals surface area contributed by atoms with Gasteiger partial charge in [0.25, 0.3) is 0 Å². The second-order valence-electron chi connectivity index (χ2n) is 7.88. The summed E-state index contributed by atoms with van der Waals surface area (Å²) >= 11 is 1.52. The van der Waals surface area contributed by atoms with Crippen molar-refractivity contribution in [3.63, 3.8) is 0 Å². The minimum atomic E-state index is -0.961. The molecular formula is C16H23FN2OS. The van der Waals surface area contributed by atoms with Gasteiger partial charge in [-0.2, -0.15) is 4.98 Å². The van der Waals surface area contributed by atoms with E-state index in [-0.39, 0.29) is 17.3 Å². The third kappa shape index (κ3) is 2.24. The van der Waals surface area contributed by atoms with Gasteiger partial charge in [0.05, 0.1) is 4.88 Å². The lowest BCUT2D eigenvalue weighted by Crippen LogP contribution is -2.60. The number of hydrogen-bond donors (Lipinski definition) is 2. The number of nitrogens with zero attached hydrogens (tertiary/aromatic N) is 1. The van der Waals surface area contributed by atoms with Gasteiger partial charge in [-0.3, -0.25) is 0 Å². The standard InChI is InChI=1S/C16H23FN2OS/c1-9(2)12-13(20)18-14(21-12)19-16-6-10-3-11(7-16)5-15(17,4-10)8-16/h9-11,20H,3-8H2,1-2H3,(H,18,19). The van der Waals surface area contributed by atoms with Gasteiger partial charge in [-0.15, -0.1) is 0 Å². The molecule has 0 spiro atoms. The molecular weight excluding hydrogens is 287 g/mol. The molecule has 0 radical (unpaired) electrons. The molecule has 1 aromatic heterocycles. The number of aromatic hydroxyl groups is 1. The van der Waals surface area contributed by atoms with Crippen molar-refractivity contribution >= 4 is 16.5 Å². The molecule has 0 saturated heterocycles. The maximum Gasteiger partial charge on any atom is 0.227 e. The predicted octanol–water partition coefficient (Wildman–Crippen LogP) is 4.44. The first-order valence-corrected chi connectivity index (χ1v) is 8.85. The van der Waals surface area contributed by atoms with E-state index >= 15 is 0 Å². The van der Waals surface area contributed by atoms with Crippen LogP contribution >= 0.6 is 11.3 Å². The Balaban J connectivity index is 1.61. The van der Waals surface area contributed by atoms with Gasteiger partial charge >= 0.3 is 0 Å². The molecule has 5 heteroatoms. The van der Waals surface area contributed by atoms with Crippen LogP contribution in [0.1, 0.15) is 63.2 Å². The number of nitrogens with one attached hydrogen (secondary N) is 1. The Morgan fingerprint density at radius 2 is 1.95 bits per heavy atom. The van der Waals surface area contributed by atoms with Crippen LogP contribution in [0.15, 0.2) is 0 Å². The van der Waals surface area contributed by atoms with Crippen LogP contribution in [0.25, 0.3) is 0 Å². The molecule has 5 rings (SSSR count). The van der Waals surface area contributed by atoms with Gasteiger partial charge in [0.2, 0.25) is 5.88 Å². The highest BCUT2D eigenvalue weighted by Gasteiger charge is 2.58. The first-order chi connectivity index (χ1) is 9.86. The van der Waals surface area contributed by atoms with Crippen molar-refractivity contribution in [2.24, 2.45) is 11.8 Å². The van der Waals surface area contributed by atoms with Crippen molar-refractivity contribution in [2.45, 2.75) is 69.5 Å². The number of anilines is 1. The summed E-state index contributed by atoms with van der Waals surface area (Å²) in [5.41, 5.74) is -1.09. The van der Waals surface area contributed by atoms with Crippen LogP contribution in [0.4, 0.5) is 9.52 Å². The molecule has 4 aliphatic carbocycles. The fourth-order valence-corrected chi connectivity index (χ4v) is 6.26. The highest BCUT2D eigenvalue weighted by molar-refractivity contribution is 7.16. The second kappa shape index (κ2) is 4.34. The summed E-state index contributed by atoms with van der Waals surface area (Å²) in [7, 11) is 0. The number of hydrogen-bond acceptors (Lipinski definition) is 4. The van der Waals surface area contributed by atoms with Crippen LogP contribution in [0, 0.1) is 11.8 Å². The fourth-order valence-electron chi connectivity index (χ4n) is 5.28. The first kappa shape index (κ1) is 13.8. The van der Waals surface area contributed by atoms with Gasteiger partial charge in [0.15, 0.2) is 5.13 Å². The summed E-state index contributed by atoms with van der Waals surface area (Å²) in [5.74, 6) is 1.46. The predicted molar refractivity (Wildman–Crippen MR) is 82.7 cm³/mol. The zero-order valence-electron chi connectivity index (χ0n) is 12.7. The van der Waals surface area contributed by atoms with E-state index in [1.165, 1.54) is 17.8 Å². The number of halogens is 1. The van der Waals surface area contributed by atoms with Gasteiger partial charge in [0, 0.05) is 12.0 Å². The van der Waals surface area contributed by atoms with E-state index in [4.69, 9.17) is 0 Å². The van der Waals surface area contributed by atoms with E-state index in [0.29, 0.717) is 18.3 Å². The van der Waals surface area contributed by atoms with Crippen molar-refractivity contribution in [1.29, 1.82) is 0 Å². The molecule has 1 aromatic rings. The summed E-state index contributed by atoms with van der Waals surface area (Å²) in [6.07, 6.45) is 5.46. The van der Waals surface area contributed by atoms with E-state index in [0.717, 1.165) is 35.7 Å². The summed E-state index contributed by atoms with van der Waals surface area (Å²) in [5, 5.41) is 14.3. The maximum absolute atomic E-state index is 14.9. The summed E-state index contributed by atoms with van der Waals surface area (Å²) < 4.78 is 14.9. The molecule has 21 heavy (non-hydrogen) atoms. The molecule has 2 atom stereocenters. The average Bonchev–Trinajstić information content (AvgIpc) is 2.65. The van der Waals surface area contributed by atoms with Gasteiger partial charge in [-0.25, -0.2) is 4.39 Å². The van der Waals surface area contributed by atoms with Crippen molar-refractivity contribution in [2.75, 3.05) is 5.32 Å². The van der Waals surface area contributed by atoms with E-state index < -0.39 is 5.67 Å². The Bertz CT molecular complexity index is 557. The number of rotatable bonds is 3. The van der Waals surface area contributed by atoms with Crippen LogP contribution in [0.3, 0.4) is 0 Å². The van der Waals surface area contributed by atoms with Crippen molar-refractivity contribution in [1.82, 2.24) is 4.98 Å². The van der Waals surface area contributed by atoms with Gasteiger partial charge in [0.1, 0.15) is 5.67 Å². The second-order valence-corrected chi connectivity index (χ2v) is 8.91. The van der Waals surface area contributed by atoms with Crippen LogP contribution in [0.5, 0.6) is 5.88 Å². The van der Waals surface area contributed by atoms with Crippen LogP contribution in [0.2, 0.25) is 0 Å². The molecule has 0 aliphatic heterocycles. The van der Waals surface area contributed by atoms with E-state index in [9.17, 15) is 9.50 Å². The van der Waals surface area contributed by atoms with E-state index in [2.05, 4.69) is 24.1 Å². The monoisotopic (exact) mass is 310 g/mol. The molecule has 4 bridgehead atoms. The van der Waals surface area contributed by atoms with Crippen LogP contribution in [-0.2, 0) is 0 Å². The smallest absolute Gasteiger partial charge is 0.227 e. The Labute approximate surface area is 129 Å². The Morgan fingerprint density at radius 3 is 2.48 bits per heavy atom. The molecule has 4 saturated carbocycles. The molecule has 0 aromatic carbocycles. The number of alkyl halides is 1. The summed E-state index contributed by atoms with van der Waals surface area (Å²) in [4.78, 5) is 5.19. The normalized spacial score (nSPS) is 41.0. The average molecular weight is 310 g/mol. The van der Waals surface area contributed by atoms with Gasteiger partial charge in [-0.05, 0) is 49.9 Å². The number of thiazole rings is 1. The minimum absolute atomic E-state index is 0.128. The molecule has 2 unspecified atom stereocenters. The minimum Gasteiger partial charge on any atom is -0.492 e. The highest BCUT2D eigenvalue weighted by Crippen LogP contribution is 2.60. The maximum atomic E-state index is 14.9. The fraction of sp³-hybridized carbons (Fsp3) is 0.812. The molecule has 4 aliphatic rings. The third-order valence-electron chi connectivity index (χ3n) is 5.52. The molecule has 116 valence electrons. The lowest BCUT2D eigenvalue weighted by molar-refractivity contribution is -0.0778. The molecule has 1 heterocycles. The van der Waals surface area contributed by atoms with Crippen LogP contribution in [-0.4, -0.2) is 21.3 Å². The first-order valence-electron chi connectivity index (χ1n) is 8.03. The molecule has 3 nitrogen and oxygen atoms in total. The van der Waals surface area contributed by atoms with E-state index in [1.807, 2.05) is 0 Å². The molecule has 4 fully saturated rings. The lowest BCUT2D eigenvalue weighted by atomic mass is 9.52. The van der Waals surface area contributed by atoms with Crippen LogP contribution < -0.4 is 5.32 Å². The Morgan fingerprint density at radius 1 is 1.29 bits per heavy atom. The Hall–Kier alpha value is -0.840. The highest BCUT2D eigenvalue weighted by atomic mass is 32.1. The van der Waals surface area contributed by atoms with Crippen molar-refractivity contribution < 1.29 is 9.50 Å². The van der Waals surface area contributed by atoms with Crippen molar-refractivity contribution in [3.8, 4) is 5.88 Å². The third-order valence-corrected chi connectivity index (χ3v) is 6.78. The SMILES string of the molecule is CC(C)c1sc(NC23CC4CC(CC(F)(C4)C2)C3)nc1O. The van der Waals surface area contributed by atoms with Gasteiger partial charge < -0.3 is 10.4 Å². The largest absolute Gasteiger partial charge is 0.492 e.